The quantitative estimate of drug-likeness (QED) is 0.283. The van der Waals surface area contributed by atoms with Gasteiger partial charge in [-0.3, -0.25) is 4.52 Å². The molecule has 0 aliphatic carbocycles. The van der Waals surface area contributed by atoms with E-state index < -0.39 is 22.5 Å². The number of hydrogen-bond donors (Lipinski definition) is 4. The van der Waals surface area contributed by atoms with Gasteiger partial charge in [0.05, 0.1) is 12.7 Å². The highest BCUT2D eigenvalue weighted by Crippen LogP contribution is 2.38. The van der Waals surface area contributed by atoms with Crippen molar-refractivity contribution in [3.8, 4) is 0 Å². The molecule has 98 valence electrons. The number of phosphoric ester groups is 1. The lowest BCUT2D eigenvalue weighted by Gasteiger charge is -2.15. The Hall–Kier alpha value is 0.900. The lowest BCUT2D eigenvalue weighted by atomic mass is 10.2. The summed E-state index contributed by atoms with van der Waals surface area (Å²) in [5, 5.41) is 0.325. The first-order valence-corrected chi connectivity index (χ1v) is 8.27. The number of hydrogen-bond acceptors (Lipinski definition) is 5. The van der Waals surface area contributed by atoms with Crippen molar-refractivity contribution in [1.29, 1.82) is 0 Å². The molecule has 4 N–H and O–H groups in total. The Morgan fingerprint density at radius 2 is 1.94 bits per heavy atom. The van der Waals surface area contributed by atoms with E-state index in [4.69, 9.17) is 19.6 Å². The van der Waals surface area contributed by atoms with Crippen LogP contribution in [-0.2, 0) is 13.6 Å². The van der Waals surface area contributed by atoms with Crippen LogP contribution in [0.15, 0.2) is 0 Å². The fourth-order valence-corrected chi connectivity index (χ4v) is 2.49. The lowest BCUT2D eigenvalue weighted by Crippen LogP contribution is -2.13. The van der Waals surface area contributed by atoms with Gasteiger partial charge in [0, 0.05) is 5.33 Å². The summed E-state index contributed by atoms with van der Waals surface area (Å²) in [5.41, 5.74) is 0. The van der Waals surface area contributed by atoms with E-state index in [0.29, 0.717) is 24.6 Å². The lowest BCUT2D eigenvalue weighted by molar-refractivity contribution is 0.138. The zero-order chi connectivity index (χ0) is 12.6. The highest BCUT2D eigenvalue weighted by molar-refractivity contribution is 9.09. The van der Waals surface area contributed by atoms with Crippen LogP contribution < -0.4 is 0 Å². The molecule has 0 aliphatic heterocycles. The molecule has 0 saturated heterocycles. The van der Waals surface area contributed by atoms with Gasteiger partial charge >= 0.3 is 16.4 Å². The second-order valence-corrected chi connectivity index (χ2v) is 5.56. The van der Waals surface area contributed by atoms with Gasteiger partial charge in [0.15, 0.2) is 0 Å². The number of unbranched alkanes of at least 4 members (excludes halogenated alkanes) is 1. The normalized spacial score (nSPS) is 14.4. The minimum absolute atomic E-state index is 0.198. The number of halogens is 1. The van der Waals surface area contributed by atoms with Crippen molar-refractivity contribution in [1.82, 2.24) is 0 Å². The molecule has 0 heterocycles. The smallest absolute Gasteiger partial charge is 0.328 e. The monoisotopic (exact) mass is 340 g/mol. The van der Waals surface area contributed by atoms with Gasteiger partial charge in [-0.05, 0) is 19.3 Å². The molecule has 0 aromatic carbocycles. The van der Waals surface area contributed by atoms with Gasteiger partial charge in [0.2, 0.25) is 0 Å². The highest BCUT2D eigenvalue weighted by atomic mass is 79.9. The van der Waals surface area contributed by atoms with Crippen molar-refractivity contribution in [3.63, 3.8) is 0 Å². The Bertz CT molecular complexity index is 221. The maximum Gasteiger partial charge on any atom is 0.469 e. The Morgan fingerprint density at radius 3 is 2.38 bits per heavy atom. The predicted octanol–water partition coefficient (Wildman–Crippen LogP) is 1.26. The Labute approximate surface area is 103 Å². The fourth-order valence-electron chi connectivity index (χ4n) is 0.972. The molecule has 7 nitrogen and oxygen atoms in total. The third-order valence-electron chi connectivity index (χ3n) is 1.59. The van der Waals surface area contributed by atoms with Crippen LogP contribution >= 0.6 is 32.4 Å². The molecule has 0 bridgehead atoms. The van der Waals surface area contributed by atoms with E-state index in [0.717, 1.165) is 0 Å². The van der Waals surface area contributed by atoms with Crippen LogP contribution in [0.3, 0.4) is 0 Å². The van der Waals surface area contributed by atoms with E-state index in [1.54, 1.807) is 0 Å². The van der Waals surface area contributed by atoms with Crippen LogP contribution in [0.2, 0.25) is 0 Å². The van der Waals surface area contributed by atoms with Gasteiger partial charge in [0.1, 0.15) is 0 Å². The molecule has 0 radical (unpaired) electrons. The van der Waals surface area contributed by atoms with Crippen molar-refractivity contribution in [2.24, 2.45) is 0 Å². The van der Waals surface area contributed by atoms with E-state index in [2.05, 4.69) is 25.0 Å². The third kappa shape index (κ3) is 11.4. The largest absolute Gasteiger partial charge is 0.469 e. The van der Waals surface area contributed by atoms with Gasteiger partial charge < -0.3 is 24.1 Å². The third-order valence-corrected chi connectivity index (χ3v) is 3.29. The molecule has 1 atom stereocenters. The van der Waals surface area contributed by atoms with E-state index in [-0.39, 0.29) is 6.61 Å². The second kappa shape index (κ2) is 8.91. The molecule has 16 heavy (non-hydrogen) atoms. The highest BCUT2D eigenvalue weighted by Gasteiger charge is 2.20. The molecule has 10 heteroatoms. The standard InChI is InChI=1S/C6H15BrO7P2/c7-5-6(14-16(10,11)12)3-1-2-4-13-15(8)9/h6,8-9H,1-5H2,(H2,10,11,12). The molecule has 1 unspecified atom stereocenters. The van der Waals surface area contributed by atoms with Crippen LogP contribution in [0.5, 0.6) is 0 Å². The second-order valence-electron chi connectivity index (χ2n) is 2.95. The summed E-state index contributed by atoms with van der Waals surface area (Å²) in [5.74, 6) is 0. The first-order valence-electron chi connectivity index (χ1n) is 4.46. The molecule has 0 spiro atoms. The fraction of sp³-hybridized carbons (Fsp3) is 1.00. The van der Waals surface area contributed by atoms with E-state index in [1.807, 2.05) is 0 Å². The van der Waals surface area contributed by atoms with Crippen molar-refractivity contribution in [3.05, 3.63) is 0 Å². The van der Waals surface area contributed by atoms with Crippen LogP contribution in [0.1, 0.15) is 19.3 Å². The average Bonchev–Trinajstić information content (AvgIpc) is 2.13. The first-order chi connectivity index (χ1) is 7.35. The summed E-state index contributed by atoms with van der Waals surface area (Å²) in [6.07, 6.45) is 1.06. The van der Waals surface area contributed by atoms with Gasteiger partial charge in [-0.2, -0.15) is 0 Å². The Balaban J connectivity index is 3.60. The summed E-state index contributed by atoms with van der Waals surface area (Å²) in [7, 11) is -6.77. The number of phosphoric acid groups is 1. The summed E-state index contributed by atoms with van der Waals surface area (Å²) < 4.78 is 19.6. The molecule has 0 fully saturated rings. The zero-order valence-electron chi connectivity index (χ0n) is 8.40. The maximum atomic E-state index is 10.5. The first kappa shape index (κ1) is 16.9. The van der Waals surface area contributed by atoms with Crippen molar-refractivity contribution < 1.29 is 33.2 Å². The van der Waals surface area contributed by atoms with E-state index in [1.165, 1.54) is 0 Å². The van der Waals surface area contributed by atoms with Gasteiger partial charge in [0.25, 0.3) is 0 Å². The molecule has 0 rings (SSSR count). The van der Waals surface area contributed by atoms with Crippen LogP contribution in [0, 0.1) is 0 Å². The SMILES string of the molecule is O=P(O)(O)OC(CBr)CCCCOP(O)O. The van der Waals surface area contributed by atoms with Gasteiger partial charge in [-0.15, -0.1) is 0 Å². The summed E-state index contributed by atoms with van der Waals surface area (Å²) >= 11 is 3.08. The van der Waals surface area contributed by atoms with E-state index >= 15 is 0 Å². The van der Waals surface area contributed by atoms with Crippen molar-refractivity contribution in [2.45, 2.75) is 25.4 Å². The van der Waals surface area contributed by atoms with E-state index in [9.17, 15) is 4.57 Å². The topological polar surface area (TPSA) is 116 Å². The predicted molar refractivity (Wildman–Crippen MR) is 61.9 cm³/mol. The number of alkyl halides is 1. The summed E-state index contributed by atoms with van der Waals surface area (Å²) in [4.78, 5) is 34.0. The minimum atomic E-state index is -4.45. The molecule has 0 aromatic heterocycles. The van der Waals surface area contributed by atoms with Crippen LogP contribution in [0.4, 0.5) is 0 Å². The molecular weight excluding hydrogens is 326 g/mol. The Kier molecular flexibility index (Phi) is 9.42. The average molecular weight is 341 g/mol. The minimum Gasteiger partial charge on any atom is -0.328 e. The molecule has 0 aliphatic rings. The zero-order valence-corrected chi connectivity index (χ0v) is 11.8. The van der Waals surface area contributed by atoms with Crippen molar-refractivity contribution in [2.75, 3.05) is 11.9 Å². The van der Waals surface area contributed by atoms with Crippen LogP contribution in [-0.4, -0.2) is 37.6 Å². The summed E-state index contributed by atoms with van der Waals surface area (Å²) in [6.45, 7) is 0.198. The van der Waals surface area contributed by atoms with Crippen LogP contribution in [0.25, 0.3) is 0 Å². The van der Waals surface area contributed by atoms with Crippen molar-refractivity contribution >= 4 is 32.4 Å². The van der Waals surface area contributed by atoms with Gasteiger partial charge in [-0.25, -0.2) is 4.57 Å². The number of rotatable bonds is 9. The molecule has 0 amide bonds. The summed E-state index contributed by atoms with van der Waals surface area (Å²) in [6, 6.07) is 0. The maximum absolute atomic E-state index is 10.5. The van der Waals surface area contributed by atoms with Gasteiger partial charge in [-0.1, -0.05) is 15.9 Å². The molecular formula is C6H15BrO7P2. The molecule has 0 saturated carbocycles. The Morgan fingerprint density at radius 1 is 1.31 bits per heavy atom. The molecule has 0 aromatic rings.